The summed E-state index contributed by atoms with van der Waals surface area (Å²) in [5.74, 6) is 0. The third kappa shape index (κ3) is 1.58. The highest BCUT2D eigenvalue weighted by Gasteiger charge is 2.42. The van der Waals surface area contributed by atoms with Crippen LogP contribution in [0, 0.1) is 0 Å². The van der Waals surface area contributed by atoms with E-state index >= 15 is 0 Å². The van der Waals surface area contributed by atoms with E-state index in [9.17, 15) is 0 Å². The fourth-order valence-electron chi connectivity index (χ4n) is 1.08. The van der Waals surface area contributed by atoms with Gasteiger partial charge in [-0.3, -0.25) is 0 Å². The molecule has 72 valence electrons. The van der Waals surface area contributed by atoms with Crippen molar-refractivity contribution in [1.29, 1.82) is 0 Å². The van der Waals surface area contributed by atoms with E-state index in [1.807, 2.05) is 0 Å². The summed E-state index contributed by atoms with van der Waals surface area (Å²) >= 11 is 0. The summed E-state index contributed by atoms with van der Waals surface area (Å²) in [4.78, 5) is 0. The Kier molecular flexibility index (Phi) is 2.99. The molecular weight excluding hydrogens is 168 g/mol. The quantitative estimate of drug-likeness (QED) is 0.290. The highest BCUT2D eigenvalue weighted by atomic mass is 16.6. The van der Waals surface area contributed by atoms with Gasteiger partial charge in [-0.25, -0.2) is 0 Å². The smallest absolute Gasteiger partial charge is 0.184 e. The van der Waals surface area contributed by atoms with Gasteiger partial charge in [-0.15, -0.1) is 0 Å². The minimum absolute atomic E-state index is 0.526. The Morgan fingerprint density at radius 1 is 0.917 bits per heavy atom. The summed E-state index contributed by atoms with van der Waals surface area (Å²) in [6.07, 6.45) is -7.04. The zero-order valence-corrected chi connectivity index (χ0v) is 6.24. The number of aliphatic hydroxyl groups is 5. The summed E-state index contributed by atoms with van der Waals surface area (Å²) in [7, 11) is 0. The minimum Gasteiger partial charge on any atom is -0.394 e. The van der Waals surface area contributed by atoms with Crippen molar-refractivity contribution in [3.63, 3.8) is 0 Å². The van der Waals surface area contributed by atoms with Gasteiger partial charge in [0, 0.05) is 0 Å². The fourth-order valence-corrected chi connectivity index (χ4v) is 1.08. The Hall–Kier alpha value is -0.240. The molecule has 0 bridgehead atoms. The molecule has 0 aromatic rings. The molecule has 1 saturated heterocycles. The molecule has 0 aliphatic carbocycles. The number of ether oxygens (including phenoxy) is 1. The molecule has 1 rings (SSSR count). The van der Waals surface area contributed by atoms with Gasteiger partial charge in [0.15, 0.2) is 6.29 Å². The van der Waals surface area contributed by atoms with Crippen LogP contribution in [0.15, 0.2) is 0 Å². The van der Waals surface area contributed by atoms with Crippen LogP contribution in [0.5, 0.6) is 0 Å². The Morgan fingerprint density at radius 3 is 2.00 bits per heavy atom. The lowest BCUT2D eigenvalue weighted by Crippen LogP contribution is -2.58. The second kappa shape index (κ2) is 3.65. The van der Waals surface area contributed by atoms with E-state index in [2.05, 4.69) is 4.74 Å². The van der Waals surface area contributed by atoms with E-state index in [1.165, 1.54) is 0 Å². The molecule has 0 radical (unpaired) electrons. The molecule has 0 amide bonds. The Labute approximate surface area is 68.6 Å². The van der Waals surface area contributed by atoms with Crippen LogP contribution in [0.25, 0.3) is 0 Å². The highest BCUT2D eigenvalue weighted by Crippen LogP contribution is 2.18. The second-order valence-corrected chi connectivity index (χ2v) is 2.72. The normalized spacial score (nSPS) is 49.2. The van der Waals surface area contributed by atoms with Crippen molar-refractivity contribution in [2.45, 2.75) is 30.7 Å². The highest BCUT2D eigenvalue weighted by molar-refractivity contribution is 4.87. The van der Waals surface area contributed by atoms with Crippen LogP contribution in [0.1, 0.15) is 0 Å². The average Bonchev–Trinajstić information content (AvgIpc) is 2.08. The van der Waals surface area contributed by atoms with Crippen LogP contribution in [-0.2, 0) is 4.74 Å². The number of hydrogen-bond acceptors (Lipinski definition) is 6. The van der Waals surface area contributed by atoms with Gasteiger partial charge in [0.1, 0.15) is 24.4 Å². The molecule has 0 saturated carbocycles. The molecule has 6 nitrogen and oxygen atoms in total. The molecule has 1 fully saturated rings. The molecule has 1 heterocycles. The predicted molar refractivity (Wildman–Crippen MR) is 36.0 cm³/mol. The van der Waals surface area contributed by atoms with Crippen LogP contribution < -0.4 is 0 Å². The third-order valence-electron chi connectivity index (χ3n) is 1.87. The summed E-state index contributed by atoms with van der Waals surface area (Å²) in [6, 6.07) is 0. The molecule has 1 aliphatic heterocycles. The molecule has 4 unspecified atom stereocenters. The van der Waals surface area contributed by atoms with E-state index in [0.717, 1.165) is 0 Å². The van der Waals surface area contributed by atoms with E-state index in [4.69, 9.17) is 25.5 Å². The topological polar surface area (TPSA) is 110 Å². The molecule has 6 heteroatoms. The summed E-state index contributed by atoms with van der Waals surface area (Å²) in [5.41, 5.74) is 0. The standard InChI is InChI=1S/C6H12O6/c7-1-2-3(8)4(9)5(10)6(11)12-2/h2-11H,1H2/t2-,3?,4?,5?,6?/m1/s1. The van der Waals surface area contributed by atoms with Crippen LogP contribution in [0.3, 0.4) is 0 Å². The maximum absolute atomic E-state index is 9.12. The summed E-state index contributed by atoms with van der Waals surface area (Å²) in [6.45, 7) is -0.526. The Balaban J connectivity index is 2.63. The molecular formula is C6H12O6. The van der Waals surface area contributed by atoms with E-state index in [1.54, 1.807) is 0 Å². The molecule has 12 heavy (non-hydrogen) atoms. The van der Waals surface area contributed by atoms with Crippen LogP contribution in [0.4, 0.5) is 0 Å². The van der Waals surface area contributed by atoms with Crippen molar-refractivity contribution in [2.75, 3.05) is 6.61 Å². The zero-order chi connectivity index (χ0) is 9.30. The maximum Gasteiger partial charge on any atom is 0.184 e. The number of aliphatic hydroxyl groups excluding tert-OH is 5. The first-order chi connectivity index (χ1) is 5.57. The van der Waals surface area contributed by atoms with Crippen molar-refractivity contribution in [1.82, 2.24) is 0 Å². The van der Waals surface area contributed by atoms with Gasteiger partial charge in [0.2, 0.25) is 0 Å². The van der Waals surface area contributed by atoms with Crippen LogP contribution >= 0.6 is 0 Å². The first-order valence-electron chi connectivity index (χ1n) is 3.56. The van der Waals surface area contributed by atoms with Crippen LogP contribution in [0.2, 0.25) is 0 Å². The van der Waals surface area contributed by atoms with Gasteiger partial charge in [0.25, 0.3) is 0 Å². The molecule has 5 N–H and O–H groups in total. The van der Waals surface area contributed by atoms with Crippen molar-refractivity contribution in [3.05, 3.63) is 0 Å². The van der Waals surface area contributed by atoms with Crippen molar-refractivity contribution >= 4 is 0 Å². The monoisotopic (exact) mass is 180 g/mol. The molecule has 0 spiro atoms. The maximum atomic E-state index is 9.12. The number of hydrogen-bond donors (Lipinski definition) is 5. The average molecular weight is 180 g/mol. The van der Waals surface area contributed by atoms with Crippen molar-refractivity contribution in [3.8, 4) is 0 Å². The predicted octanol–water partition coefficient (Wildman–Crippen LogP) is -3.22. The molecule has 0 aromatic heterocycles. The number of rotatable bonds is 1. The van der Waals surface area contributed by atoms with E-state index < -0.39 is 37.3 Å². The lowest BCUT2D eigenvalue weighted by atomic mass is 10.00. The Bertz CT molecular complexity index is 146. The SMILES string of the molecule is OC[C@H]1OC(O)C(O)C(O)C1O. The van der Waals surface area contributed by atoms with Gasteiger partial charge < -0.3 is 30.3 Å². The van der Waals surface area contributed by atoms with Gasteiger partial charge in [-0.05, 0) is 0 Å². The van der Waals surface area contributed by atoms with E-state index in [-0.39, 0.29) is 0 Å². The minimum atomic E-state index is -1.57. The molecule has 1 aliphatic rings. The van der Waals surface area contributed by atoms with Gasteiger partial charge in [0.05, 0.1) is 6.61 Å². The first-order valence-corrected chi connectivity index (χ1v) is 3.56. The largest absolute Gasteiger partial charge is 0.394 e. The molecule has 5 atom stereocenters. The van der Waals surface area contributed by atoms with Gasteiger partial charge in [-0.1, -0.05) is 0 Å². The Morgan fingerprint density at radius 2 is 1.50 bits per heavy atom. The van der Waals surface area contributed by atoms with Crippen LogP contribution in [-0.4, -0.2) is 62.8 Å². The second-order valence-electron chi connectivity index (χ2n) is 2.72. The van der Waals surface area contributed by atoms with Crippen molar-refractivity contribution < 1.29 is 30.3 Å². The lowest BCUT2D eigenvalue weighted by molar-refractivity contribution is -0.286. The van der Waals surface area contributed by atoms with Crippen molar-refractivity contribution in [2.24, 2.45) is 0 Å². The van der Waals surface area contributed by atoms with Gasteiger partial charge in [-0.2, -0.15) is 0 Å². The van der Waals surface area contributed by atoms with Gasteiger partial charge >= 0.3 is 0 Å². The lowest BCUT2D eigenvalue weighted by Gasteiger charge is -2.37. The first kappa shape index (κ1) is 9.85. The fraction of sp³-hybridized carbons (Fsp3) is 1.00. The summed E-state index contributed by atoms with van der Waals surface area (Å²) < 4.78 is 4.58. The third-order valence-corrected chi connectivity index (χ3v) is 1.87. The zero-order valence-electron chi connectivity index (χ0n) is 6.24. The molecule has 0 aromatic carbocycles. The van der Waals surface area contributed by atoms with E-state index in [0.29, 0.717) is 0 Å². The summed E-state index contributed by atoms with van der Waals surface area (Å²) in [5, 5.41) is 44.7.